The van der Waals surface area contributed by atoms with Gasteiger partial charge in [-0.3, -0.25) is 4.79 Å². The molecule has 1 amide bonds. The number of nitrogens with zero attached hydrogens (tertiary/aromatic N) is 3. The van der Waals surface area contributed by atoms with Crippen LogP contribution in [0.1, 0.15) is 19.0 Å². The molecule has 8 nitrogen and oxygen atoms in total. The second-order valence-corrected chi connectivity index (χ2v) is 4.17. The van der Waals surface area contributed by atoms with Gasteiger partial charge in [0.25, 0.3) is 0 Å². The average molecular weight is 254 g/mol. The van der Waals surface area contributed by atoms with Gasteiger partial charge in [-0.2, -0.15) is 0 Å². The van der Waals surface area contributed by atoms with Crippen LogP contribution < -0.4 is 5.32 Å². The first-order valence-electron chi connectivity index (χ1n) is 5.58. The van der Waals surface area contributed by atoms with Crippen molar-refractivity contribution in [2.45, 2.75) is 38.6 Å². The Bertz CT molecular complexity index is 458. The Morgan fingerprint density at radius 1 is 1.72 bits per heavy atom. The van der Waals surface area contributed by atoms with E-state index in [9.17, 15) is 9.59 Å². The predicted molar refractivity (Wildman–Crippen MR) is 58.0 cm³/mol. The van der Waals surface area contributed by atoms with E-state index in [1.54, 1.807) is 6.92 Å². The standard InChI is InChI=1S/C10H14N4O4/c1-6-2-8(10(17)18-6)11-9(16)4-14-3-7(5-15)12-13-14/h3,6,8,15H,2,4-5H2,1H3,(H,11,16). The molecule has 2 atom stereocenters. The van der Waals surface area contributed by atoms with E-state index < -0.39 is 12.0 Å². The fourth-order valence-electron chi connectivity index (χ4n) is 1.75. The van der Waals surface area contributed by atoms with Crippen LogP contribution in [0.4, 0.5) is 0 Å². The number of aromatic nitrogens is 3. The second-order valence-electron chi connectivity index (χ2n) is 4.17. The average Bonchev–Trinajstić information content (AvgIpc) is 2.86. The molecule has 1 fully saturated rings. The lowest BCUT2D eigenvalue weighted by atomic mass is 10.2. The highest BCUT2D eigenvalue weighted by molar-refractivity contribution is 5.85. The molecule has 1 saturated heterocycles. The minimum Gasteiger partial charge on any atom is -0.461 e. The van der Waals surface area contributed by atoms with E-state index >= 15 is 0 Å². The summed E-state index contributed by atoms with van der Waals surface area (Å²) in [6.45, 7) is 1.49. The minimum atomic E-state index is -0.590. The fourth-order valence-corrected chi connectivity index (χ4v) is 1.75. The smallest absolute Gasteiger partial charge is 0.329 e. The summed E-state index contributed by atoms with van der Waals surface area (Å²) in [5.74, 6) is -0.758. The van der Waals surface area contributed by atoms with E-state index in [4.69, 9.17) is 9.84 Å². The van der Waals surface area contributed by atoms with Crippen molar-refractivity contribution >= 4 is 11.9 Å². The molecule has 0 aliphatic carbocycles. The van der Waals surface area contributed by atoms with Crippen LogP contribution in [0, 0.1) is 0 Å². The molecule has 2 unspecified atom stereocenters. The highest BCUT2D eigenvalue weighted by Crippen LogP contribution is 2.13. The molecule has 2 heterocycles. The van der Waals surface area contributed by atoms with Gasteiger partial charge in [-0.05, 0) is 6.92 Å². The van der Waals surface area contributed by atoms with Crippen LogP contribution in [0.2, 0.25) is 0 Å². The summed E-state index contributed by atoms with van der Waals surface area (Å²) in [6.07, 6.45) is 1.77. The number of aliphatic hydroxyl groups excluding tert-OH is 1. The molecule has 1 aliphatic heterocycles. The molecule has 2 N–H and O–H groups in total. The van der Waals surface area contributed by atoms with Gasteiger partial charge in [0.1, 0.15) is 24.4 Å². The van der Waals surface area contributed by atoms with E-state index in [0.29, 0.717) is 12.1 Å². The molecular weight excluding hydrogens is 240 g/mol. The zero-order valence-electron chi connectivity index (χ0n) is 9.87. The summed E-state index contributed by atoms with van der Waals surface area (Å²) in [4.78, 5) is 23.0. The molecule has 1 aromatic heterocycles. The Morgan fingerprint density at radius 3 is 3.06 bits per heavy atom. The van der Waals surface area contributed by atoms with Crippen molar-refractivity contribution in [1.82, 2.24) is 20.3 Å². The summed E-state index contributed by atoms with van der Waals surface area (Å²) in [5.41, 5.74) is 0.386. The molecule has 98 valence electrons. The number of esters is 1. The number of amides is 1. The summed E-state index contributed by atoms with van der Waals surface area (Å²) in [5, 5.41) is 18.7. The van der Waals surface area contributed by atoms with Gasteiger partial charge in [0.2, 0.25) is 5.91 Å². The van der Waals surface area contributed by atoms with E-state index in [0.717, 1.165) is 0 Å². The predicted octanol–water partition coefficient (Wildman–Crippen LogP) is -1.41. The molecule has 2 rings (SSSR count). The van der Waals surface area contributed by atoms with Crippen molar-refractivity contribution in [1.29, 1.82) is 0 Å². The third-order valence-electron chi connectivity index (χ3n) is 2.56. The van der Waals surface area contributed by atoms with Gasteiger partial charge in [-0.25, -0.2) is 9.48 Å². The molecule has 0 radical (unpaired) electrons. The van der Waals surface area contributed by atoms with Crippen LogP contribution in [0.5, 0.6) is 0 Å². The van der Waals surface area contributed by atoms with Crippen molar-refractivity contribution in [3.8, 4) is 0 Å². The number of hydrogen-bond acceptors (Lipinski definition) is 6. The highest BCUT2D eigenvalue weighted by atomic mass is 16.6. The zero-order valence-corrected chi connectivity index (χ0v) is 9.87. The van der Waals surface area contributed by atoms with Gasteiger partial charge in [0, 0.05) is 6.42 Å². The number of rotatable bonds is 4. The summed E-state index contributed by atoms with van der Waals surface area (Å²) < 4.78 is 6.22. The zero-order chi connectivity index (χ0) is 13.1. The first kappa shape index (κ1) is 12.5. The lowest BCUT2D eigenvalue weighted by Crippen LogP contribution is -2.39. The molecule has 1 aromatic rings. The number of hydrogen-bond donors (Lipinski definition) is 2. The summed E-state index contributed by atoms with van der Waals surface area (Å²) in [6, 6.07) is -0.590. The van der Waals surface area contributed by atoms with E-state index in [1.807, 2.05) is 0 Å². The number of carbonyl (C=O) groups is 2. The van der Waals surface area contributed by atoms with Crippen LogP contribution >= 0.6 is 0 Å². The van der Waals surface area contributed by atoms with E-state index in [2.05, 4.69) is 15.6 Å². The normalized spacial score (nSPS) is 22.9. The van der Waals surface area contributed by atoms with E-state index in [-0.39, 0.29) is 25.2 Å². The number of ether oxygens (including phenoxy) is 1. The quantitative estimate of drug-likeness (QED) is 0.639. The Labute approximate surface area is 103 Å². The van der Waals surface area contributed by atoms with Crippen molar-refractivity contribution in [2.75, 3.05) is 0 Å². The summed E-state index contributed by atoms with van der Waals surface area (Å²) >= 11 is 0. The Hall–Kier alpha value is -1.96. The van der Waals surface area contributed by atoms with Gasteiger partial charge in [-0.1, -0.05) is 5.21 Å². The van der Waals surface area contributed by atoms with Crippen LogP contribution in [0.3, 0.4) is 0 Å². The van der Waals surface area contributed by atoms with Crippen molar-refractivity contribution in [3.63, 3.8) is 0 Å². The third kappa shape index (κ3) is 2.83. The van der Waals surface area contributed by atoms with Gasteiger partial charge in [0.15, 0.2) is 0 Å². The highest BCUT2D eigenvalue weighted by Gasteiger charge is 2.32. The minimum absolute atomic E-state index is 0.0504. The molecule has 0 bridgehead atoms. The van der Waals surface area contributed by atoms with Gasteiger partial charge < -0.3 is 15.2 Å². The first-order chi connectivity index (χ1) is 8.58. The van der Waals surface area contributed by atoms with Crippen LogP contribution in [0.25, 0.3) is 0 Å². The number of cyclic esters (lactones) is 1. The number of carbonyl (C=O) groups excluding carboxylic acids is 2. The maximum Gasteiger partial charge on any atom is 0.329 e. The number of aliphatic hydroxyl groups is 1. The molecule has 1 aliphatic rings. The third-order valence-corrected chi connectivity index (χ3v) is 2.56. The van der Waals surface area contributed by atoms with E-state index in [1.165, 1.54) is 10.9 Å². The molecule has 8 heteroatoms. The monoisotopic (exact) mass is 254 g/mol. The molecular formula is C10H14N4O4. The maximum absolute atomic E-state index is 11.6. The lowest BCUT2D eigenvalue weighted by Gasteiger charge is -2.08. The summed E-state index contributed by atoms with van der Waals surface area (Å²) in [7, 11) is 0. The van der Waals surface area contributed by atoms with Crippen LogP contribution in [-0.2, 0) is 27.5 Å². The number of nitrogens with one attached hydrogen (secondary N) is 1. The SMILES string of the molecule is CC1CC(NC(=O)Cn2cc(CO)nn2)C(=O)O1. The Morgan fingerprint density at radius 2 is 2.50 bits per heavy atom. The van der Waals surface area contributed by atoms with Gasteiger partial charge >= 0.3 is 5.97 Å². The van der Waals surface area contributed by atoms with Crippen molar-refractivity contribution < 1.29 is 19.4 Å². The van der Waals surface area contributed by atoms with Crippen LogP contribution in [0.15, 0.2) is 6.20 Å². The molecule has 18 heavy (non-hydrogen) atoms. The van der Waals surface area contributed by atoms with Gasteiger partial charge in [-0.15, -0.1) is 5.10 Å². The molecule has 0 spiro atoms. The Balaban J connectivity index is 1.87. The second kappa shape index (κ2) is 5.13. The van der Waals surface area contributed by atoms with Gasteiger partial charge in [0.05, 0.1) is 12.8 Å². The lowest BCUT2D eigenvalue weighted by molar-refractivity contribution is -0.143. The molecule has 0 aromatic carbocycles. The van der Waals surface area contributed by atoms with Crippen molar-refractivity contribution in [2.24, 2.45) is 0 Å². The van der Waals surface area contributed by atoms with Crippen LogP contribution in [-0.4, -0.2) is 44.1 Å². The maximum atomic E-state index is 11.6. The first-order valence-corrected chi connectivity index (χ1v) is 5.58. The largest absolute Gasteiger partial charge is 0.461 e. The Kier molecular flexibility index (Phi) is 3.56. The fraction of sp³-hybridized carbons (Fsp3) is 0.600. The topological polar surface area (TPSA) is 106 Å². The van der Waals surface area contributed by atoms with Crippen molar-refractivity contribution in [3.05, 3.63) is 11.9 Å². The molecule has 0 saturated carbocycles.